The van der Waals surface area contributed by atoms with E-state index in [1.807, 2.05) is 0 Å². The lowest BCUT2D eigenvalue weighted by molar-refractivity contribution is 0.0196. The lowest BCUT2D eigenvalue weighted by atomic mass is 9.94. The van der Waals surface area contributed by atoms with E-state index in [4.69, 9.17) is 18.9 Å². The van der Waals surface area contributed by atoms with Gasteiger partial charge in [-0.2, -0.15) is 0 Å². The molecule has 0 amide bonds. The summed E-state index contributed by atoms with van der Waals surface area (Å²) >= 11 is 0. The van der Waals surface area contributed by atoms with Gasteiger partial charge in [-0.3, -0.25) is 0 Å². The Kier molecular flexibility index (Phi) is 4.40. The van der Waals surface area contributed by atoms with Crippen LogP contribution in [0.5, 0.6) is 28.7 Å². The summed E-state index contributed by atoms with van der Waals surface area (Å²) in [7, 11) is 4.61. The van der Waals surface area contributed by atoms with E-state index >= 15 is 0 Å². The minimum atomic E-state index is -0.756. The maximum atomic E-state index is 10.5. The fourth-order valence-electron chi connectivity index (χ4n) is 2.89. The van der Waals surface area contributed by atoms with Gasteiger partial charge in [0.05, 0.1) is 27.4 Å². The zero-order valence-electron chi connectivity index (χ0n) is 13.8. The van der Waals surface area contributed by atoms with Crippen molar-refractivity contribution < 1.29 is 29.2 Å². The molecule has 2 aromatic rings. The molecule has 2 N–H and O–H groups in total. The molecule has 0 bridgehead atoms. The van der Waals surface area contributed by atoms with Crippen LogP contribution in [0, 0.1) is 0 Å². The molecule has 0 unspecified atom stereocenters. The first-order valence-electron chi connectivity index (χ1n) is 7.54. The van der Waals surface area contributed by atoms with E-state index in [9.17, 15) is 10.2 Å². The number of rotatable bonds is 4. The number of hydrogen-bond donors (Lipinski definition) is 2. The molecule has 128 valence electrons. The van der Waals surface area contributed by atoms with Crippen LogP contribution in [-0.2, 0) is 6.42 Å². The van der Waals surface area contributed by atoms with Crippen LogP contribution in [0.25, 0.3) is 0 Å². The van der Waals surface area contributed by atoms with Crippen molar-refractivity contribution >= 4 is 0 Å². The molecule has 0 aliphatic carbocycles. The van der Waals surface area contributed by atoms with Gasteiger partial charge in [-0.15, -0.1) is 0 Å². The van der Waals surface area contributed by atoms with Gasteiger partial charge in [0, 0.05) is 24.1 Å². The number of phenols is 1. The summed E-state index contributed by atoms with van der Waals surface area (Å²) in [5.74, 6) is 2.20. The van der Waals surface area contributed by atoms with Crippen LogP contribution in [0.1, 0.15) is 17.2 Å². The van der Waals surface area contributed by atoms with Crippen LogP contribution < -0.4 is 18.9 Å². The van der Waals surface area contributed by atoms with Crippen LogP contribution in [-0.4, -0.2) is 37.6 Å². The van der Waals surface area contributed by atoms with Crippen LogP contribution in [0.4, 0.5) is 0 Å². The largest absolute Gasteiger partial charge is 0.504 e. The lowest BCUT2D eigenvalue weighted by Crippen LogP contribution is -2.30. The molecule has 0 saturated carbocycles. The van der Waals surface area contributed by atoms with Crippen molar-refractivity contribution in [1.82, 2.24) is 0 Å². The molecule has 3 rings (SSSR count). The number of benzene rings is 2. The van der Waals surface area contributed by atoms with E-state index in [0.29, 0.717) is 35.0 Å². The fourth-order valence-corrected chi connectivity index (χ4v) is 2.89. The molecule has 6 heteroatoms. The van der Waals surface area contributed by atoms with Crippen molar-refractivity contribution in [1.29, 1.82) is 0 Å². The van der Waals surface area contributed by atoms with Crippen molar-refractivity contribution in [3.8, 4) is 28.7 Å². The number of hydrogen-bond acceptors (Lipinski definition) is 6. The third-order valence-corrected chi connectivity index (χ3v) is 4.15. The van der Waals surface area contributed by atoms with Gasteiger partial charge in [0.1, 0.15) is 23.4 Å². The molecular formula is C18H20O6. The number of methoxy groups -OCH3 is 3. The molecule has 2 atom stereocenters. The van der Waals surface area contributed by atoms with Crippen molar-refractivity contribution in [3.63, 3.8) is 0 Å². The Morgan fingerprint density at radius 1 is 1.00 bits per heavy atom. The number of aliphatic hydroxyl groups excluding tert-OH is 1. The summed E-state index contributed by atoms with van der Waals surface area (Å²) in [6.45, 7) is 0. The summed E-state index contributed by atoms with van der Waals surface area (Å²) in [5, 5.41) is 20.3. The van der Waals surface area contributed by atoms with Crippen LogP contribution in [0.15, 0.2) is 30.3 Å². The summed E-state index contributed by atoms with van der Waals surface area (Å²) in [6, 6.07) is 8.42. The number of aromatic hydroxyl groups is 1. The molecule has 24 heavy (non-hydrogen) atoms. The Balaban J connectivity index is 2.00. The van der Waals surface area contributed by atoms with Gasteiger partial charge in [-0.1, -0.05) is 6.07 Å². The summed E-state index contributed by atoms with van der Waals surface area (Å²) in [6.07, 6.45) is -0.950. The molecule has 1 aliphatic heterocycles. The minimum absolute atomic E-state index is 0.0373. The van der Waals surface area contributed by atoms with Crippen molar-refractivity contribution in [2.75, 3.05) is 21.3 Å². The average molecular weight is 332 g/mol. The lowest BCUT2D eigenvalue weighted by Gasteiger charge is -2.32. The topological polar surface area (TPSA) is 77.4 Å². The molecule has 0 spiro atoms. The Bertz CT molecular complexity index is 743. The molecule has 0 saturated heterocycles. The number of ether oxygens (including phenoxy) is 4. The first kappa shape index (κ1) is 16.3. The second-order valence-corrected chi connectivity index (χ2v) is 5.55. The zero-order chi connectivity index (χ0) is 17.3. The van der Waals surface area contributed by atoms with E-state index in [1.54, 1.807) is 38.5 Å². The van der Waals surface area contributed by atoms with E-state index in [2.05, 4.69) is 0 Å². The average Bonchev–Trinajstić information content (AvgIpc) is 2.61. The molecule has 6 nitrogen and oxygen atoms in total. The zero-order valence-corrected chi connectivity index (χ0v) is 13.8. The molecule has 1 aliphatic rings. The van der Waals surface area contributed by atoms with E-state index in [0.717, 1.165) is 5.56 Å². The Morgan fingerprint density at radius 3 is 2.42 bits per heavy atom. The number of phenolic OH excluding ortho intramolecular Hbond substituents is 1. The fraction of sp³-hybridized carbons (Fsp3) is 0.333. The van der Waals surface area contributed by atoms with Gasteiger partial charge in [0.15, 0.2) is 11.5 Å². The highest BCUT2D eigenvalue weighted by Gasteiger charge is 2.32. The first-order valence-corrected chi connectivity index (χ1v) is 7.54. The van der Waals surface area contributed by atoms with E-state index in [1.165, 1.54) is 13.2 Å². The van der Waals surface area contributed by atoms with Crippen molar-refractivity contribution in [2.45, 2.75) is 18.6 Å². The minimum Gasteiger partial charge on any atom is -0.504 e. The molecule has 0 radical (unpaired) electrons. The van der Waals surface area contributed by atoms with Gasteiger partial charge < -0.3 is 29.2 Å². The Hall–Kier alpha value is -2.60. The van der Waals surface area contributed by atoms with Gasteiger partial charge in [-0.25, -0.2) is 0 Å². The molecule has 1 heterocycles. The molecule has 0 aromatic heterocycles. The number of aliphatic hydroxyl groups is 1. The predicted octanol–water partition coefficient (Wildman–Crippen LogP) is 2.46. The number of fused-ring (bicyclic) bond motifs is 1. The third-order valence-electron chi connectivity index (χ3n) is 4.15. The molecular weight excluding hydrogens is 312 g/mol. The second kappa shape index (κ2) is 6.49. The maximum absolute atomic E-state index is 10.5. The maximum Gasteiger partial charge on any atom is 0.160 e. The first-order chi connectivity index (χ1) is 11.6. The Labute approximate surface area is 140 Å². The Morgan fingerprint density at radius 2 is 1.75 bits per heavy atom. The third kappa shape index (κ3) is 2.80. The molecule has 0 fully saturated rings. The monoisotopic (exact) mass is 332 g/mol. The van der Waals surface area contributed by atoms with Crippen molar-refractivity contribution in [3.05, 3.63) is 41.5 Å². The highest BCUT2D eigenvalue weighted by Crippen LogP contribution is 2.43. The van der Waals surface area contributed by atoms with Gasteiger partial charge in [0.25, 0.3) is 0 Å². The quantitative estimate of drug-likeness (QED) is 0.895. The van der Waals surface area contributed by atoms with E-state index < -0.39 is 12.2 Å². The summed E-state index contributed by atoms with van der Waals surface area (Å²) < 4.78 is 21.8. The van der Waals surface area contributed by atoms with Gasteiger partial charge in [-0.05, 0) is 17.7 Å². The normalized spacial score (nSPS) is 19.2. The van der Waals surface area contributed by atoms with E-state index in [-0.39, 0.29) is 5.75 Å². The van der Waals surface area contributed by atoms with Crippen LogP contribution in [0.2, 0.25) is 0 Å². The standard InChI is InChI=1S/C18H20O6/c1-21-11-7-15(22-2)12-9-14(20)18(24-16(12)8-11)10-4-5-13(19)17(6-10)23-3/h4-8,14,18-20H,9H2,1-3H3/t14-,18+/m1/s1. The van der Waals surface area contributed by atoms with Gasteiger partial charge in [0.2, 0.25) is 0 Å². The second-order valence-electron chi connectivity index (χ2n) is 5.55. The van der Waals surface area contributed by atoms with Crippen LogP contribution in [0.3, 0.4) is 0 Å². The highest BCUT2D eigenvalue weighted by molar-refractivity contribution is 5.53. The van der Waals surface area contributed by atoms with Crippen LogP contribution >= 0.6 is 0 Å². The predicted molar refractivity (Wildman–Crippen MR) is 87.3 cm³/mol. The van der Waals surface area contributed by atoms with Gasteiger partial charge >= 0.3 is 0 Å². The SMILES string of the molecule is COc1cc(OC)c2c(c1)O[C@@H](c1ccc(O)c(OC)c1)[C@H](O)C2. The highest BCUT2D eigenvalue weighted by atomic mass is 16.5. The summed E-state index contributed by atoms with van der Waals surface area (Å²) in [4.78, 5) is 0. The smallest absolute Gasteiger partial charge is 0.160 e. The van der Waals surface area contributed by atoms with Crippen molar-refractivity contribution in [2.24, 2.45) is 0 Å². The summed E-state index contributed by atoms with van der Waals surface area (Å²) in [5.41, 5.74) is 1.51. The molecule has 2 aromatic carbocycles.